The third-order valence-electron chi connectivity index (χ3n) is 2.75. The molecule has 0 saturated carbocycles. The van der Waals surface area contributed by atoms with Gasteiger partial charge in [0.2, 0.25) is 5.79 Å². The summed E-state index contributed by atoms with van der Waals surface area (Å²) >= 11 is 0. The second kappa shape index (κ2) is 4.45. The zero-order chi connectivity index (χ0) is 13.3. The minimum absolute atomic E-state index is 0.0577. The van der Waals surface area contributed by atoms with Gasteiger partial charge >= 0.3 is 0 Å². The first-order valence-electron chi connectivity index (χ1n) is 5.75. The Labute approximate surface area is 106 Å². The van der Waals surface area contributed by atoms with Crippen LogP contribution in [0.15, 0.2) is 11.2 Å². The van der Waals surface area contributed by atoms with Crippen molar-refractivity contribution in [1.82, 2.24) is 4.98 Å². The van der Waals surface area contributed by atoms with E-state index >= 15 is 0 Å². The highest BCUT2D eigenvalue weighted by Crippen LogP contribution is 2.35. The number of hydrogen-bond donors (Lipinski definition) is 2. The molecule has 2 rings (SSSR count). The van der Waals surface area contributed by atoms with E-state index in [2.05, 4.69) is 9.98 Å². The van der Waals surface area contributed by atoms with Crippen molar-refractivity contribution in [2.24, 2.45) is 16.5 Å². The highest BCUT2D eigenvalue weighted by Gasteiger charge is 2.30. The van der Waals surface area contributed by atoms with Gasteiger partial charge in [0, 0.05) is 31.2 Å². The third-order valence-corrected chi connectivity index (χ3v) is 2.75. The van der Waals surface area contributed by atoms with E-state index in [4.69, 9.17) is 20.9 Å². The Morgan fingerprint density at radius 1 is 1.50 bits per heavy atom. The Kier molecular flexibility index (Phi) is 3.13. The van der Waals surface area contributed by atoms with Gasteiger partial charge in [-0.3, -0.25) is 4.98 Å². The molecule has 0 spiro atoms. The lowest BCUT2D eigenvalue weighted by atomic mass is 10.1. The topological polar surface area (TPSA) is 95.8 Å². The van der Waals surface area contributed by atoms with Crippen molar-refractivity contribution in [3.05, 3.63) is 23.0 Å². The van der Waals surface area contributed by atoms with E-state index in [1.54, 1.807) is 6.20 Å². The van der Waals surface area contributed by atoms with Crippen LogP contribution >= 0.6 is 0 Å². The van der Waals surface area contributed by atoms with Crippen LogP contribution in [0.4, 0.5) is 0 Å². The van der Waals surface area contributed by atoms with E-state index < -0.39 is 5.79 Å². The minimum atomic E-state index is -0.631. The highest BCUT2D eigenvalue weighted by molar-refractivity contribution is 5.75. The van der Waals surface area contributed by atoms with Crippen LogP contribution in [0.25, 0.3) is 0 Å². The molecule has 0 aliphatic carbocycles. The molecule has 1 aromatic heterocycles. The molecule has 0 atom stereocenters. The number of pyridine rings is 1. The Morgan fingerprint density at radius 2 is 2.22 bits per heavy atom. The van der Waals surface area contributed by atoms with Crippen LogP contribution in [-0.4, -0.2) is 16.7 Å². The molecule has 1 aliphatic heterocycles. The lowest BCUT2D eigenvalue weighted by molar-refractivity contribution is -0.180. The summed E-state index contributed by atoms with van der Waals surface area (Å²) in [5, 5.41) is 0. The summed E-state index contributed by atoms with van der Waals surface area (Å²) < 4.78 is 11.4. The Hall–Kier alpha value is -1.82. The summed E-state index contributed by atoms with van der Waals surface area (Å²) in [6, 6.07) is 0. The number of hydrogen-bond acceptors (Lipinski definition) is 4. The molecule has 1 aromatic rings. The molecule has 0 fully saturated rings. The number of aryl methyl sites for hydroxylation is 1. The zero-order valence-electron chi connectivity index (χ0n) is 10.9. The predicted octanol–water partition coefficient (Wildman–Crippen LogP) is 0.809. The highest BCUT2D eigenvalue weighted by atomic mass is 16.7. The van der Waals surface area contributed by atoms with E-state index in [0.717, 1.165) is 22.6 Å². The molecule has 0 radical (unpaired) electrons. The minimum Gasteiger partial charge on any atom is -0.461 e. The van der Waals surface area contributed by atoms with E-state index in [0.29, 0.717) is 13.2 Å². The van der Waals surface area contributed by atoms with Crippen LogP contribution in [0.5, 0.6) is 5.75 Å². The smallest absolute Gasteiger partial charge is 0.205 e. The number of aromatic nitrogens is 1. The third kappa shape index (κ3) is 2.53. The van der Waals surface area contributed by atoms with Gasteiger partial charge < -0.3 is 20.9 Å². The van der Waals surface area contributed by atoms with Gasteiger partial charge in [-0.25, -0.2) is 4.99 Å². The van der Waals surface area contributed by atoms with Crippen molar-refractivity contribution >= 4 is 5.96 Å². The molecule has 1 aliphatic rings. The fourth-order valence-electron chi connectivity index (χ4n) is 1.80. The van der Waals surface area contributed by atoms with Gasteiger partial charge in [0.15, 0.2) is 5.96 Å². The van der Waals surface area contributed by atoms with Crippen molar-refractivity contribution in [3.8, 4) is 5.75 Å². The van der Waals surface area contributed by atoms with Crippen molar-refractivity contribution in [2.45, 2.75) is 39.7 Å². The molecule has 2 heterocycles. The molecular weight excluding hydrogens is 232 g/mol. The Balaban J connectivity index is 2.38. The number of ether oxygens (including phenoxy) is 2. The first-order chi connectivity index (χ1) is 8.39. The van der Waals surface area contributed by atoms with Gasteiger partial charge in [0.05, 0.1) is 18.8 Å². The average Bonchev–Trinajstić information content (AvgIpc) is 2.28. The van der Waals surface area contributed by atoms with Crippen molar-refractivity contribution in [2.75, 3.05) is 0 Å². The van der Waals surface area contributed by atoms with Crippen LogP contribution in [0, 0.1) is 6.92 Å². The summed E-state index contributed by atoms with van der Waals surface area (Å²) in [4.78, 5) is 8.29. The molecule has 0 unspecified atom stereocenters. The van der Waals surface area contributed by atoms with Crippen molar-refractivity contribution < 1.29 is 9.47 Å². The monoisotopic (exact) mass is 250 g/mol. The normalized spacial score (nSPS) is 16.6. The Morgan fingerprint density at radius 3 is 2.89 bits per heavy atom. The number of nitrogens with two attached hydrogens (primary N) is 2. The first kappa shape index (κ1) is 12.6. The second-order valence-electron chi connectivity index (χ2n) is 4.71. The molecule has 18 heavy (non-hydrogen) atoms. The second-order valence-corrected chi connectivity index (χ2v) is 4.71. The zero-order valence-corrected chi connectivity index (χ0v) is 10.9. The maximum Gasteiger partial charge on any atom is 0.205 e. The number of guanidine groups is 1. The van der Waals surface area contributed by atoms with Crippen molar-refractivity contribution in [3.63, 3.8) is 0 Å². The number of aliphatic imine (C=N–C) groups is 1. The number of nitrogens with zero attached hydrogens (tertiary/aromatic N) is 2. The van der Waals surface area contributed by atoms with Gasteiger partial charge in [-0.15, -0.1) is 0 Å². The van der Waals surface area contributed by atoms with E-state index in [-0.39, 0.29) is 5.96 Å². The summed E-state index contributed by atoms with van der Waals surface area (Å²) in [6.07, 6.45) is 1.76. The quantitative estimate of drug-likeness (QED) is 0.598. The molecular formula is C12H18N4O2. The standard InChI is InChI=1S/C12H18N4O2/c1-7-10-9(6-17-12(2,3)18-10)8(4-15-7)5-16-11(13)14/h4H,5-6H2,1-3H3,(H4,13,14,16). The lowest BCUT2D eigenvalue weighted by Gasteiger charge is -2.34. The van der Waals surface area contributed by atoms with E-state index in [1.165, 1.54) is 0 Å². The summed E-state index contributed by atoms with van der Waals surface area (Å²) in [5.74, 6) is 0.200. The Bertz CT molecular complexity index is 493. The number of rotatable bonds is 2. The first-order valence-corrected chi connectivity index (χ1v) is 5.75. The van der Waals surface area contributed by atoms with Crippen LogP contribution in [0.2, 0.25) is 0 Å². The predicted molar refractivity (Wildman–Crippen MR) is 68.0 cm³/mol. The number of fused-ring (bicyclic) bond motifs is 1. The molecule has 6 nitrogen and oxygen atoms in total. The molecule has 0 aromatic carbocycles. The molecule has 4 N–H and O–H groups in total. The maximum atomic E-state index is 5.80. The molecule has 0 bridgehead atoms. The molecule has 6 heteroatoms. The SMILES string of the molecule is Cc1ncc(CN=C(N)N)c2c1OC(C)(C)OC2. The van der Waals surface area contributed by atoms with E-state index in [1.807, 2.05) is 20.8 Å². The summed E-state index contributed by atoms with van der Waals surface area (Å²) in [5.41, 5.74) is 13.4. The fourth-order valence-corrected chi connectivity index (χ4v) is 1.80. The van der Waals surface area contributed by atoms with Crippen LogP contribution < -0.4 is 16.2 Å². The van der Waals surface area contributed by atoms with Crippen LogP contribution in [0.1, 0.15) is 30.7 Å². The van der Waals surface area contributed by atoms with Crippen LogP contribution in [0.3, 0.4) is 0 Å². The summed E-state index contributed by atoms with van der Waals surface area (Å²) in [6.45, 7) is 6.51. The van der Waals surface area contributed by atoms with Gasteiger partial charge in [0.25, 0.3) is 0 Å². The molecule has 0 saturated heterocycles. The largest absolute Gasteiger partial charge is 0.461 e. The van der Waals surface area contributed by atoms with Crippen LogP contribution in [-0.2, 0) is 17.9 Å². The fraction of sp³-hybridized carbons (Fsp3) is 0.500. The van der Waals surface area contributed by atoms with Gasteiger partial charge in [-0.05, 0) is 6.92 Å². The lowest BCUT2D eigenvalue weighted by Crippen LogP contribution is -2.36. The summed E-state index contributed by atoms with van der Waals surface area (Å²) in [7, 11) is 0. The van der Waals surface area contributed by atoms with E-state index in [9.17, 15) is 0 Å². The van der Waals surface area contributed by atoms with Crippen molar-refractivity contribution in [1.29, 1.82) is 0 Å². The molecule has 0 amide bonds. The van der Waals surface area contributed by atoms with Gasteiger partial charge in [-0.2, -0.15) is 0 Å². The van der Waals surface area contributed by atoms with Gasteiger partial charge in [0.1, 0.15) is 5.75 Å². The average molecular weight is 250 g/mol. The maximum absolute atomic E-state index is 5.80. The van der Waals surface area contributed by atoms with Gasteiger partial charge in [-0.1, -0.05) is 0 Å². The molecule has 98 valence electrons.